The van der Waals surface area contributed by atoms with Crippen LogP contribution in [0.1, 0.15) is 37.2 Å². The molecule has 0 unspecified atom stereocenters. The second kappa shape index (κ2) is 4.34. The van der Waals surface area contributed by atoms with Crippen molar-refractivity contribution in [2.24, 2.45) is 0 Å². The van der Waals surface area contributed by atoms with Crippen molar-refractivity contribution in [1.82, 2.24) is 4.98 Å². The quantitative estimate of drug-likeness (QED) is 0.549. The lowest BCUT2D eigenvalue weighted by Crippen LogP contribution is -1.93. The molecule has 0 N–H and O–H groups in total. The second-order valence-corrected chi connectivity index (χ2v) is 5.59. The van der Waals surface area contributed by atoms with Crippen LogP contribution in [0.2, 0.25) is 0 Å². The molecule has 0 saturated heterocycles. The average molecular weight is 247 g/mol. The fourth-order valence-electron chi connectivity index (χ4n) is 3.55. The number of hydrogen-bond donors (Lipinski definition) is 0. The monoisotopic (exact) mass is 247 g/mol. The summed E-state index contributed by atoms with van der Waals surface area (Å²) < 4.78 is 0. The summed E-state index contributed by atoms with van der Waals surface area (Å²) in [7, 11) is 0. The van der Waals surface area contributed by atoms with E-state index < -0.39 is 0 Å². The van der Waals surface area contributed by atoms with Gasteiger partial charge in [0, 0.05) is 17.8 Å². The van der Waals surface area contributed by atoms with Crippen molar-refractivity contribution in [1.29, 1.82) is 0 Å². The van der Waals surface area contributed by atoms with Crippen LogP contribution in [0.25, 0.3) is 21.5 Å². The Hall–Kier alpha value is -1.89. The zero-order valence-electron chi connectivity index (χ0n) is 11.0. The number of pyridine rings is 1. The molecule has 0 amide bonds. The van der Waals surface area contributed by atoms with E-state index in [0.29, 0.717) is 0 Å². The Labute approximate surface area is 113 Å². The summed E-state index contributed by atoms with van der Waals surface area (Å²) in [6, 6.07) is 13.4. The molecule has 0 atom stereocenters. The van der Waals surface area contributed by atoms with Crippen LogP contribution >= 0.6 is 0 Å². The molecular weight excluding hydrogens is 230 g/mol. The van der Waals surface area contributed by atoms with Crippen LogP contribution in [0.4, 0.5) is 0 Å². The van der Waals surface area contributed by atoms with Crippen molar-refractivity contribution in [3.63, 3.8) is 0 Å². The molecule has 1 heteroatoms. The Bertz CT molecular complexity index is 739. The fraction of sp³-hybridized carbons (Fsp3) is 0.278. The van der Waals surface area contributed by atoms with Gasteiger partial charge in [-0.15, -0.1) is 0 Å². The summed E-state index contributed by atoms with van der Waals surface area (Å²) in [4.78, 5) is 4.29. The predicted molar refractivity (Wildman–Crippen MR) is 80.5 cm³/mol. The summed E-state index contributed by atoms with van der Waals surface area (Å²) in [5.74, 6) is 0.762. The van der Waals surface area contributed by atoms with Gasteiger partial charge in [-0.2, -0.15) is 0 Å². The Kier molecular flexibility index (Phi) is 2.51. The van der Waals surface area contributed by atoms with E-state index >= 15 is 0 Å². The van der Waals surface area contributed by atoms with Gasteiger partial charge in [-0.05, 0) is 46.5 Å². The van der Waals surface area contributed by atoms with E-state index in [1.807, 2.05) is 12.4 Å². The molecule has 94 valence electrons. The normalized spacial score (nSPS) is 16.4. The van der Waals surface area contributed by atoms with Gasteiger partial charge in [0.05, 0.1) is 0 Å². The highest BCUT2D eigenvalue weighted by Gasteiger charge is 2.19. The van der Waals surface area contributed by atoms with Crippen LogP contribution in [-0.2, 0) is 0 Å². The maximum atomic E-state index is 4.29. The summed E-state index contributed by atoms with van der Waals surface area (Å²) >= 11 is 0. The smallest absolute Gasteiger partial charge is 0.0352 e. The van der Waals surface area contributed by atoms with Crippen molar-refractivity contribution in [2.75, 3.05) is 0 Å². The molecule has 0 radical (unpaired) electrons. The van der Waals surface area contributed by atoms with Crippen LogP contribution in [0.3, 0.4) is 0 Å². The minimum absolute atomic E-state index is 0.762. The van der Waals surface area contributed by atoms with Gasteiger partial charge in [0.15, 0.2) is 0 Å². The van der Waals surface area contributed by atoms with E-state index in [9.17, 15) is 0 Å². The molecule has 19 heavy (non-hydrogen) atoms. The maximum absolute atomic E-state index is 4.29. The molecule has 1 saturated carbocycles. The standard InChI is InChI=1S/C18H17N/c1-2-5-13(4-1)15-6-3-7-16-17(15)9-8-14-10-11-19-12-18(14)16/h3,6-13H,1-2,4-5H2. The summed E-state index contributed by atoms with van der Waals surface area (Å²) in [6.07, 6.45) is 9.34. The molecule has 1 aliphatic carbocycles. The average Bonchev–Trinajstić information content (AvgIpc) is 3.00. The van der Waals surface area contributed by atoms with E-state index in [4.69, 9.17) is 0 Å². The summed E-state index contributed by atoms with van der Waals surface area (Å²) in [5, 5.41) is 5.34. The van der Waals surface area contributed by atoms with Crippen LogP contribution in [0, 0.1) is 0 Å². The second-order valence-electron chi connectivity index (χ2n) is 5.59. The first-order valence-corrected chi connectivity index (χ1v) is 7.19. The number of benzene rings is 2. The van der Waals surface area contributed by atoms with Crippen LogP contribution in [0.15, 0.2) is 48.8 Å². The SMILES string of the molecule is c1cc(C2CCCC2)c2ccc3ccncc3c2c1. The zero-order valence-corrected chi connectivity index (χ0v) is 11.0. The van der Waals surface area contributed by atoms with Gasteiger partial charge >= 0.3 is 0 Å². The highest BCUT2D eigenvalue weighted by molar-refractivity contribution is 6.08. The molecule has 1 aliphatic rings. The van der Waals surface area contributed by atoms with Crippen molar-refractivity contribution >= 4 is 21.5 Å². The van der Waals surface area contributed by atoms with Crippen molar-refractivity contribution in [3.8, 4) is 0 Å². The molecule has 4 rings (SSSR count). The first-order chi connectivity index (χ1) is 9.43. The van der Waals surface area contributed by atoms with Gasteiger partial charge in [-0.25, -0.2) is 0 Å². The molecule has 0 bridgehead atoms. The van der Waals surface area contributed by atoms with Crippen LogP contribution in [-0.4, -0.2) is 4.98 Å². The van der Waals surface area contributed by atoms with Crippen LogP contribution < -0.4 is 0 Å². The molecule has 1 heterocycles. The minimum Gasteiger partial charge on any atom is -0.264 e. The Morgan fingerprint density at radius 2 is 1.74 bits per heavy atom. The number of aromatic nitrogens is 1. The van der Waals surface area contributed by atoms with Gasteiger partial charge in [0.2, 0.25) is 0 Å². The van der Waals surface area contributed by atoms with Crippen LogP contribution in [0.5, 0.6) is 0 Å². The first-order valence-electron chi connectivity index (χ1n) is 7.19. The number of hydrogen-bond acceptors (Lipinski definition) is 1. The zero-order chi connectivity index (χ0) is 12.7. The van der Waals surface area contributed by atoms with E-state index in [0.717, 1.165) is 5.92 Å². The van der Waals surface area contributed by atoms with Crippen molar-refractivity contribution in [2.45, 2.75) is 31.6 Å². The largest absolute Gasteiger partial charge is 0.264 e. The maximum Gasteiger partial charge on any atom is 0.0352 e. The Morgan fingerprint density at radius 3 is 2.63 bits per heavy atom. The predicted octanol–water partition coefficient (Wildman–Crippen LogP) is 5.05. The highest BCUT2D eigenvalue weighted by atomic mass is 14.6. The molecule has 3 aromatic rings. The lowest BCUT2D eigenvalue weighted by molar-refractivity contribution is 0.729. The van der Waals surface area contributed by atoms with Crippen molar-refractivity contribution in [3.05, 3.63) is 54.4 Å². The van der Waals surface area contributed by atoms with Crippen molar-refractivity contribution < 1.29 is 0 Å². The number of rotatable bonds is 1. The molecule has 1 fully saturated rings. The molecule has 0 aliphatic heterocycles. The topological polar surface area (TPSA) is 12.9 Å². The molecule has 1 aromatic heterocycles. The molecule has 1 nitrogen and oxygen atoms in total. The number of fused-ring (bicyclic) bond motifs is 3. The first kappa shape index (κ1) is 11.0. The summed E-state index contributed by atoms with van der Waals surface area (Å²) in [6.45, 7) is 0. The Balaban J connectivity index is 2.03. The van der Waals surface area contributed by atoms with E-state index in [1.165, 1.54) is 47.2 Å². The minimum atomic E-state index is 0.762. The third-order valence-electron chi connectivity index (χ3n) is 4.51. The lowest BCUT2D eigenvalue weighted by atomic mass is 9.91. The summed E-state index contributed by atoms with van der Waals surface area (Å²) in [5.41, 5.74) is 1.54. The Morgan fingerprint density at radius 1 is 0.842 bits per heavy atom. The van der Waals surface area contributed by atoms with Gasteiger partial charge in [0.25, 0.3) is 0 Å². The highest BCUT2D eigenvalue weighted by Crippen LogP contribution is 2.38. The molecule has 2 aromatic carbocycles. The third kappa shape index (κ3) is 1.73. The molecule has 0 spiro atoms. The van der Waals surface area contributed by atoms with E-state index in [1.54, 1.807) is 5.56 Å². The fourth-order valence-corrected chi connectivity index (χ4v) is 3.55. The van der Waals surface area contributed by atoms with Gasteiger partial charge in [-0.3, -0.25) is 4.98 Å². The third-order valence-corrected chi connectivity index (χ3v) is 4.51. The molecular formula is C18H17N. The lowest BCUT2D eigenvalue weighted by Gasteiger charge is -2.14. The van der Waals surface area contributed by atoms with Gasteiger partial charge < -0.3 is 0 Å². The van der Waals surface area contributed by atoms with Gasteiger partial charge in [0.1, 0.15) is 0 Å². The van der Waals surface area contributed by atoms with E-state index in [-0.39, 0.29) is 0 Å². The van der Waals surface area contributed by atoms with E-state index in [2.05, 4.69) is 41.4 Å². The number of nitrogens with zero attached hydrogens (tertiary/aromatic N) is 1. The van der Waals surface area contributed by atoms with Gasteiger partial charge in [-0.1, -0.05) is 43.2 Å².